The molecule has 0 radical (unpaired) electrons. The first-order chi connectivity index (χ1) is 11.7. The first-order valence-corrected chi connectivity index (χ1v) is 8.69. The van der Waals surface area contributed by atoms with Gasteiger partial charge in [0.1, 0.15) is 6.29 Å². The molecule has 2 aromatic rings. The van der Waals surface area contributed by atoms with Crippen molar-refractivity contribution in [3.63, 3.8) is 0 Å². The maximum Gasteiger partial charge on any atom is 0.150 e. The molecule has 0 amide bonds. The summed E-state index contributed by atoms with van der Waals surface area (Å²) >= 11 is 0. The van der Waals surface area contributed by atoms with Crippen molar-refractivity contribution >= 4 is 6.29 Å². The summed E-state index contributed by atoms with van der Waals surface area (Å²) < 4.78 is 0. The number of hydrogen-bond donors (Lipinski definition) is 2. The maximum atomic E-state index is 10.3. The van der Waals surface area contributed by atoms with Crippen LogP contribution in [0.4, 0.5) is 0 Å². The summed E-state index contributed by atoms with van der Waals surface area (Å²) in [5.41, 5.74) is 1.56. The fraction of sp³-hybridized carbons (Fsp3) is 0.381. The molecule has 3 nitrogen and oxygen atoms in total. The van der Waals surface area contributed by atoms with E-state index in [1.165, 1.54) is 24.8 Å². The van der Waals surface area contributed by atoms with E-state index < -0.39 is 5.60 Å². The highest BCUT2D eigenvalue weighted by Crippen LogP contribution is 2.27. The van der Waals surface area contributed by atoms with Gasteiger partial charge in [-0.1, -0.05) is 79.9 Å². The molecule has 0 aromatic heterocycles. The van der Waals surface area contributed by atoms with E-state index in [2.05, 4.69) is 17.4 Å². The average Bonchev–Trinajstić information content (AvgIpc) is 2.64. The van der Waals surface area contributed by atoms with E-state index in [4.69, 9.17) is 0 Å². The molecule has 1 aliphatic carbocycles. The molecule has 0 bridgehead atoms. The average molecular weight is 325 g/mol. The third-order valence-electron chi connectivity index (χ3n) is 4.35. The molecular weight excluding hydrogens is 298 g/mol. The molecule has 24 heavy (non-hydrogen) atoms. The molecule has 3 heteroatoms. The molecule has 0 unspecified atom stereocenters. The van der Waals surface area contributed by atoms with E-state index >= 15 is 0 Å². The summed E-state index contributed by atoms with van der Waals surface area (Å²) in [4.78, 5) is 10.0. The molecule has 1 aliphatic rings. The van der Waals surface area contributed by atoms with Crippen LogP contribution in [0.5, 0.6) is 0 Å². The zero-order chi connectivity index (χ0) is 17.1. The lowest BCUT2D eigenvalue weighted by Crippen LogP contribution is -2.41. The van der Waals surface area contributed by atoms with Gasteiger partial charge in [0.25, 0.3) is 0 Å². The highest BCUT2D eigenvalue weighted by Gasteiger charge is 2.28. The van der Waals surface area contributed by atoms with Crippen molar-refractivity contribution in [2.75, 3.05) is 6.54 Å². The van der Waals surface area contributed by atoms with E-state index in [1.807, 2.05) is 36.4 Å². The molecule has 2 aromatic carbocycles. The van der Waals surface area contributed by atoms with E-state index in [-0.39, 0.29) is 0 Å². The van der Waals surface area contributed by atoms with Gasteiger partial charge in [-0.15, -0.1) is 0 Å². The Morgan fingerprint density at radius 2 is 1.50 bits per heavy atom. The Morgan fingerprint density at radius 1 is 0.917 bits per heavy atom. The number of aldehydes is 1. The molecule has 2 N–H and O–H groups in total. The van der Waals surface area contributed by atoms with Crippen LogP contribution in [0.2, 0.25) is 0 Å². The van der Waals surface area contributed by atoms with Crippen molar-refractivity contribution in [3.05, 3.63) is 71.8 Å². The van der Waals surface area contributed by atoms with Crippen LogP contribution in [0, 0.1) is 0 Å². The van der Waals surface area contributed by atoms with Crippen molar-refractivity contribution in [1.29, 1.82) is 0 Å². The van der Waals surface area contributed by atoms with Crippen molar-refractivity contribution in [3.8, 4) is 0 Å². The third kappa shape index (κ3) is 6.65. The van der Waals surface area contributed by atoms with Crippen LogP contribution in [0.3, 0.4) is 0 Å². The predicted molar refractivity (Wildman–Crippen MR) is 98.0 cm³/mol. The second-order valence-electron chi connectivity index (χ2n) is 6.40. The lowest BCUT2D eigenvalue weighted by atomic mass is 9.85. The lowest BCUT2D eigenvalue weighted by molar-refractivity contribution is 0.00467. The molecule has 0 atom stereocenters. The molecule has 0 heterocycles. The standard InChI is InChI=1S/C14H21NO.C7H6O/c16-14(9-5-2-6-10-14)12-15-11-13-7-3-1-4-8-13;8-6-7-4-2-1-3-5-7/h1,3-4,7-8,15-16H,2,5-6,9-12H2;1-6H. The minimum absolute atomic E-state index is 0.451. The van der Waals surface area contributed by atoms with Crippen molar-refractivity contribution in [2.24, 2.45) is 0 Å². The first-order valence-electron chi connectivity index (χ1n) is 8.69. The van der Waals surface area contributed by atoms with E-state index in [0.717, 1.165) is 37.8 Å². The molecule has 1 saturated carbocycles. The van der Waals surface area contributed by atoms with Gasteiger partial charge in [0.05, 0.1) is 5.60 Å². The fourth-order valence-electron chi connectivity index (χ4n) is 2.95. The van der Waals surface area contributed by atoms with Gasteiger partial charge in [-0.2, -0.15) is 0 Å². The number of nitrogens with one attached hydrogen (secondary N) is 1. The molecule has 3 rings (SSSR count). The highest BCUT2D eigenvalue weighted by molar-refractivity contribution is 5.74. The zero-order valence-corrected chi connectivity index (χ0v) is 14.2. The van der Waals surface area contributed by atoms with Crippen molar-refractivity contribution in [1.82, 2.24) is 5.32 Å². The quantitative estimate of drug-likeness (QED) is 0.818. The van der Waals surface area contributed by atoms with Crippen LogP contribution in [-0.4, -0.2) is 23.5 Å². The SMILES string of the molecule is O=Cc1ccccc1.OC1(CNCc2ccccc2)CCCCC1. The molecular formula is C21H27NO2. The molecule has 0 spiro atoms. The van der Waals surface area contributed by atoms with Crippen molar-refractivity contribution in [2.45, 2.75) is 44.2 Å². The van der Waals surface area contributed by atoms with E-state index in [9.17, 15) is 9.90 Å². The summed E-state index contributed by atoms with van der Waals surface area (Å²) in [6.07, 6.45) is 6.36. The van der Waals surface area contributed by atoms with Crippen LogP contribution < -0.4 is 5.32 Å². The van der Waals surface area contributed by atoms with Crippen LogP contribution in [0.15, 0.2) is 60.7 Å². The number of carbonyl (C=O) groups excluding carboxylic acids is 1. The van der Waals surface area contributed by atoms with Gasteiger partial charge in [0.15, 0.2) is 0 Å². The minimum atomic E-state index is -0.451. The normalized spacial score (nSPS) is 15.9. The van der Waals surface area contributed by atoms with Crippen molar-refractivity contribution < 1.29 is 9.90 Å². The predicted octanol–water partition coefficient (Wildman–Crippen LogP) is 3.97. The topological polar surface area (TPSA) is 49.3 Å². The van der Waals surface area contributed by atoms with Gasteiger partial charge >= 0.3 is 0 Å². The van der Waals surface area contributed by atoms with Crippen LogP contribution in [0.25, 0.3) is 0 Å². The molecule has 1 fully saturated rings. The monoisotopic (exact) mass is 325 g/mol. The summed E-state index contributed by atoms with van der Waals surface area (Å²) in [5.74, 6) is 0. The Morgan fingerprint density at radius 3 is 2.04 bits per heavy atom. The second-order valence-corrected chi connectivity index (χ2v) is 6.40. The number of carbonyl (C=O) groups is 1. The third-order valence-corrected chi connectivity index (χ3v) is 4.35. The second kappa shape index (κ2) is 10.0. The first kappa shape index (κ1) is 18.4. The molecule has 0 aliphatic heterocycles. The summed E-state index contributed by atoms with van der Waals surface area (Å²) in [7, 11) is 0. The van der Waals surface area contributed by atoms with Gasteiger partial charge in [-0.3, -0.25) is 4.79 Å². The van der Waals surface area contributed by atoms with E-state index in [1.54, 1.807) is 12.1 Å². The van der Waals surface area contributed by atoms with Gasteiger partial charge in [0.2, 0.25) is 0 Å². The summed E-state index contributed by atoms with van der Waals surface area (Å²) in [5, 5.41) is 13.6. The maximum absolute atomic E-state index is 10.3. The van der Waals surface area contributed by atoms with Gasteiger partial charge < -0.3 is 10.4 Å². The number of hydrogen-bond acceptors (Lipinski definition) is 3. The number of aliphatic hydroxyl groups is 1. The zero-order valence-electron chi connectivity index (χ0n) is 14.2. The fourth-order valence-corrected chi connectivity index (χ4v) is 2.95. The Kier molecular flexibility index (Phi) is 7.66. The van der Waals surface area contributed by atoms with Gasteiger partial charge in [-0.25, -0.2) is 0 Å². The van der Waals surface area contributed by atoms with E-state index in [0.29, 0.717) is 0 Å². The largest absolute Gasteiger partial charge is 0.389 e. The summed E-state index contributed by atoms with van der Waals surface area (Å²) in [6.45, 7) is 1.57. The molecule has 128 valence electrons. The highest BCUT2D eigenvalue weighted by atomic mass is 16.3. The lowest BCUT2D eigenvalue weighted by Gasteiger charge is -2.32. The smallest absolute Gasteiger partial charge is 0.150 e. The Labute approximate surface area is 144 Å². The summed E-state index contributed by atoms with van der Waals surface area (Å²) in [6, 6.07) is 19.4. The van der Waals surface area contributed by atoms with Gasteiger partial charge in [0, 0.05) is 18.7 Å². The minimum Gasteiger partial charge on any atom is -0.389 e. The Bertz CT molecular complexity index is 577. The Balaban J connectivity index is 0.000000219. The van der Waals surface area contributed by atoms with Crippen LogP contribution in [-0.2, 0) is 6.54 Å². The van der Waals surface area contributed by atoms with Gasteiger partial charge in [-0.05, 0) is 18.4 Å². The molecule has 0 saturated heterocycles. The van der Waals surface area contributed by atoms with Crippen LogP contribution in [0.1, 0.15) is 48.0 Å². The number of rotatable bonds is 5. The van der Waals surface area contributed by atoms with Crippen LogP contribution >= 0.6 is 0 Å². The number of benzene rings is 2. The Hall–Kier alpha value is -1.97.